The lowest BCUT2D eigenvalue weighted by molar-refractivity contribution is 0.474. The number of para-hydroxylation sites is 1. The highest BCUT2D eigenvalue weighted by atomic mass is 32.2. The van der Waals surface area contributed by atoms with Gasteiger partial charge in [0.05, 0.1) is 15.9 Å². The molecule has 0 unspecified atom stereocenters. The first-order valence-electron chi connectivity index (χ1n) is 9.11. The van der Waals surface area contributed by atoms with Crippen LogP contribution in [0, 0.1) is 0 Å². The van der Waals surface area contributed by atoms with Crippen molar-refractivity contribution >= 4 is 45.2 Å². The molecule has 3 nitrogen and oxygen atoms in total. The molecule has 1 aromatic heterocycles. The Bertz CT molecular complexity index is 873. The molecular formula is C21H24N2OS2. The monoisotopic (exact) mass is 384 g/mol. The van der Waals surface area contributed by atoms with Gasteiger partial charge in [0.2, 0.25) is 0 Å². The summed E-state index contributed by atoms with van der Waals surface area (Å²) in [6, 6.07) is 13.3. The number of unbranched alkanes of at least 4 members (excludes halogenated alkanes) is 4. The van der Waals surface area contributed by atoms with Crippen molar-refractivity contribution in [2.75, 3.05) is 5.75 Å². The van der Waals surface area contributed by atoms with E-state index in [2.05, 4.69) is 18.0 Å². The van der Waals surface area contributed by atoms with Crippen LogP contribution in [0.2, 0.25) is 0 Å². The molecule has 0 saturated carbocycles. The van der Waals surface area contributed by atoms with E-state index < -0.39 is 0 Å². The number of nitrogens with zero attached hydrogens (tertiary/aromatic N) is 2. The number of fused-ring (bicyclic) bond motifs is 1. The van der Waals surface area contributed by atoms with E-state index in [0.29, 0.717) is 0 Å². The van der Waals surface area contributed by atoms with Crippen molar-refractivity contribution in [3.8, 4) is 5.75 Å². The zero-order valence-corrected chi connectivity index (χ0v) is 16.7. The van der Waals surface area contributed by atoms with Gasteiger partial charge in [0.15, 0.2) is 4.34 Å². The largest absolute Gasteiger partial charge is 0.507 e. The number of aliphatic imine (C=N–C) groups is 1. The number of thiazole rings is 1. The van der Waals surface area contributed by atoms with E-state index in [0.717, 1.165) is 31.6 Å². The first kappa shape index (κ1) is 18.9. The van der Waals surface area contributed by atoms with Crippen LogP contribution in [0.1, 0.15) is 44.6 Å². The second kappa shape index (κ2) is 9.74. The van der Waals surface area contributed by atoms with Gasteiger partial charge in [-0.3, -0.25) is 4.99 Å². The highest BCUT2D eigenvalue weighted by molar-refractivity contribution is 8.01. The number of rotatable bonds is 9. The number of hydrogen-bond acceptors (Lipinski definition) is 5. The van der Waals surface area contributed by atoms with Crippen molar-refractivity contribution in [3.05, 3.63) is 48.0 Å². The van der Waals surface area contributed by atoms with Gasteiger partial charge in [-0.15, -0.1) is 11.3 Å². The van der Waals surface area contributed by atoms with Gasteiger partial charge in [0.1, 0.15) is 5.75 Å². The van der Waals surface area contributed by atoms with Crippen LogP contribution in [0.4, 0.5) is 5.69 Å². The van der Waals surface area contributed by atoms with E-state index in [1.807, 2.05) is 36.0 Å². The molecule has 1 N–H and O–H groups in total. The summed E-state index contributed by atoms with van der Waals surface area (Å²) in [6.45, 7) is 2.25. The summed E-state index contributed by atoms with van der Waals surface area (Å²) in [5.41, 5.74) is 2.63. The van der Waals surface area contributed by atoms with Crippen LogP contribution >= 0.6 is 23.1 Å². The van der Waals surface area contributed by atoms with Crippen molar-refractivity contribution in [1.29, 1.82) is 0 Å². The maximum atomic E-state index is 9.81. The molecular weight excluding hydrogens is 360 g/mol. The zero-order chi connectivity index (χ0) is 18.2. The number of phenolic OH excluding ortho intramolecular Hbond substituents is 1. The number of phenols is 1. The van der Waals surface area contributed by atoms with E-state index in [1.54, 1.807) is 29.7 Å². The van der Waals surface area contributed by atoms with Gasteiger partial charge in [-0.05, 0) is 36.8 Å². The van der Waals surface area contributed by atoms with E-state index in [9.17, 15) is 5.11 Å². The molecule has 136 valence electrons. The van der Waals surface area contributed by atoms with E-state index in [4.69, 9.17) is 4.98 Å². The minimum atomic E-state index is 0.243. The molecule has 0 aliphatic carbocycles. The predicted octanol–water partition coefficient (Wildman–Crippen LogP) is 6.82. The number of benzene rings is 2. The van der Waals surface area contributed by atoms with Crippen LogP contribution in [0.5, 0.6) is 5.75 Å². The second-order valence-corrected chi connectivity index (χ2v) is 8.58. The quantitative estimate of drug-likeness (QED) is 0.250. The maximum Gasteiger partial charge on any atom is 0.151 e. The molecule has 1 heterocycles. The summed E-state index contributed by atoms with van der Waals surface area (Å²) in [7, 11) is 0. The van der Waals surface area contributed by atoms with Crippen molar-refractivity contribution in [3.63, 3.8) is 0 Å². The van der Waals surface area contributed by atoms with Crippen LogP contribution in [-0.2, 0) is 0 Å². The molecule has 3 rings (SSSR count). The summed E-state index contributed by atoms with van der Waals surface area (Å²) in [5, 5.41) is 9.81. The molecule has 0 aliphatic rings. The van der Waals surface area contributed by atoms with Gasteiger partial charge in [0.25, 0.3) is 0 Å². The summed E-state index contributed by atoms with van der Waals surface area (Å²) in [6.07, 6.45) is 8.25. The molecule has 3 aromatic rings. The SMILES string of the molecule is CCCCCCCSc1nc2ccc(N=Cc3ccccc3O)cc2s1. The van der Waals surface area contributed by atoms with Gasteiger partial charge in [0, 0.05) is 17.5 Å². The Morgan fingerprint density at radius 1 is 1.12 bits per heavy atom. The molecule has 0 saturated heterocycles. The lowest BCUT2D eigenvalue weighted by Crippen LogP contribution is -1.81. The van der Waals surface area contributed by atoms with E-state index in [1.165, 1.54) is 32.1 Å². The minimum Gasteiger partial charge on any atom is -0.507 e. The summed E-state index contributed by atoms with van der Waals surface area (Å²) >= 11 is 3.59. The standard InChI is InChI=1S/C21H24N2OS2/c1-2-3-4-5-8-13-25-21-23-18-12-11-17(14-20(18)26-21)22-15-16-9-6-7-10-19(16)24/h6-7,9-12,14-15,24H,2-5,8,13H2,1H3. The Kier molecular flexibility index (Phi) is 7.09. The Balaban J connectivity index is 1.61. The zero-order valence-electron chi connectivity index (χ0n) is 15.0. The van der Waals surface area contributed by atoms with Gasteiger partial charge < -0.3 is 5.11 Å². The minimum absolute atomic E-state index is 0.243. The smallest absolute Gasteiger partial charge is 0.151 e. The maximum absolute atomic E-state index is 9.81. The van der Waals surface area contributed by atoms with E-state index >= 15 is 0 Å². The van der Waals surface area contributed by atoms with Gasteiger partial charge in [-0.25, -0.2) is 4.98 Å². The number of aromatic nitrogens is 1. The fraction of sp³-hybridized carbons (Fsp3) is 0.333. The van der Waals surface area contributed by atoms with Gasteiger partial charge in [-0.2, -0.15) is 0 Å². The average molecular weight is 385 g/mol. The lowest BCUT2D eigenvalue weighted by atomic mass is 10.2. The molecule has 0 atom stereocenters. The Morgan fingerprint density at radius 2 is 1.96 bits per heavy atom. The van der Waals surface area contributed by atoms with Crippen LogP contribution < -0.4 is 0 Å². The summed E-state index contributed by atoms with van der Waals surface area (Å²) in [4.78, 5) is 9.20. The highest BCUT2D eigenvalue weighted by Gasteiger charge is 2.05. The third-order valence-electron chi connectivity index (χ3n) is 4.12. The van der Waals surface area contributed by atoms with E-state index in [-0.39, 0.29) is 5.75 Å². The number of hydrogen-bond donors (Lipinski definition) is 1. The summed E-state index contributed by atoms with van der Waals surface area (Å²) in [5.74, 6) is 1.38. The normalized spacial score (nSPS) is 11.6. The van der Waals surface area contributed by atoms with Gasteiger partial charge in [-0.1, -0.05) is 56.5 Å². The third kappa shape index (κ3) is 5.32. The fourth-order valence-corrected chi connectivity index (χ4v) is 4.81. The molecule has 0 amide bonds. The van der Waals surface area contributed by atoms with Crippen molar-refractivity contribution in [1.82, 2.24) is 4.98 Å². The molecule has 0 aliphatic heterocycles. The third-order valence-corrected chi connectivity index (χ3v) is 6.36. The fourth-order valence-electron chi connectivity index (χ4n) is 2.64. The van der Waals surface area contributed by atoms with Crippen LogP contribution in [-0.4, -0.2) is 22.1 Å². The van der Waals surface area contributed by atoms with Crippen molar-refractivity contribution in [2.24, 2.45) is 4.99 Å². The molecule has 5 heteroatoms. The second-order valence-electron chi connectivity index (χ2n) is 6.21. The Hall–Kier alpha value is -1.85. The summed E-state index contributed by atoms with van der Waals surface area (Å²) < 4.78 is 2.29. The topological polar surface area (TPSA) is 45.5 Å². The molecule has 2 aromatic carbocycles. The van der Waals surface area contributed by atoms with Crippen LogP contribution in [0.25, 0.3) is 10.2 Å². The predicted molar refractivity (Wildman–Crippen MR) is 114 cm³/mol. The number of aromatic hydroxyl groups is 1. The average Bonchev–Trinajstić information content (AvgIpc) is 3.06. The van der Waals surface area contributed by atoms with Gasteiger partial charge >= 0.3 is 0 Å². The Labute approximate surface area is 163 Å². The van der Waals surface area contributed by atoms with Crippen molar-refractivity contribution < 1.29 is 5.11 Å². The molecule has 0 radical (unpaired) electrons. The first-order valence-corrected chi connectivity index (χ1v) is 10.9. The number of thioether (sulfide) groups is 1. The van der Waals surface area contributed by atoms with Crippen LogP contribution in [0.15, 0.2) is 51.8 Å². The molecule has 0 spiro atoms. The molecule has 0 bridgehead atoms. The van der Waals surface area contributed by atoms with Crippen molar-refractivity contribution in [2.45, 2.75) is 43.4 Å². The Morgan fingerprint density at radius 3 is 2.81 bits per heavy atom. The van der Waals surface area contributed by atoms with Crippen LogP contribution in [0.3, 0.4) is 0 Å². The first-order chi connectivity index (χ1) is 12.8. The molecule has 26 heavy (non-hydrogen) atoms. The highest BCUT2D eigenvalue weighted by Crippen LogP contribution is 2.32. The lowest BCUT2D eigenvalue weighted by Gasteiger charge is -1.98. The molecule has 0 fully saturated rings.